The van der Waals surface area contributed by atoms with Crippen LogP contribution < -0.4 is 0 Å². The van der Waals surface area contributed by atoms with Gasteiger partial charge in [-0.1, -0.05) is 0 Å². The van der Waals surface area contributed by atoms with Gasteiger partial charge >= 0.3 is 106 Å². The molecule has 0 aliphatic heterocycles. The van der Waals surface area contributed by atoms with E-state index in [1.807, 2.05) is 0 Å². The van der Waals surface area contributed by atoms with Crippen LogP contribution in [0.2, 0.25) is 3.12 Å². The van der Waals surface area contributed by atoms with Gasteiger partial charge in [-0.25, -0.2) is 0 Å². The van der Waals surface area contributed by atoms with Gasteiger partial charge in [0.1, 0.15) is 0 Å². The van der Waals surface area contributed by atoms with Gasteiger partial charge in [-0.15, -0.1) is 0 Å². The summed E-state index contributed by atoms with van der Waals surface area (Å²) >= 11 is 1.80. The van der Waals surface area contributed by atoms with E-state index in [2.05, 4.69) is 20.8 Å². The van der Waals surface area contributed by atoms with Crippen LogP contribution in [0.25, 0.3) is 0 Å². The zero-order chi connectivity index (χ0) is 10.9. The maximum atomic E-state index is 2.32. The van der Waals surface area contributed by atoms with Crippen LogP contribution in [0.15, 0.2) is 0 Å². The molecule has 0 atom stereocenters. The van der Waals surface area contributed by atoms with Gasteiger partial charge in [-0.2, -0.15) is 0 Å². The monoisotopic (exact) mass is 273 g/mol. The van der Waals surface area contributed by atoms with Gasteiger partial charge in [0.25, 0.3) is 0 Å². The second kappa shape index (κ2) is 9.13. The quantitative estimate of drug-likeness (QED) is 0.538. The molecule has 1 heteroatoms. The van der Waals surface area contributed by atoms with Gasteiger partial charge in [0.2, 0.25) is 0 Å². The van der Waals surface area contributed by atoms with E-state index in [1.54, 1.807) is 24.7 Å². The summed E-state index contributed by atoms with van der Waals surface area (Å²) in [7, 11) is 0. The van der Waals surface area contributed by atoms with E-state index in [4.69, 9.17) is 0 Å². The van der Waals surface area contributed by atoms with Gasteiger partial charge in [0.05, 0.1) is 0 Å². The standard InChI is InChI=1S/C13H27.Zr/c1-4-7-10-13(11-8-5-2)12-9-6-3;/h4-12H2,1-3H3;. The molecular formula is C13H27Zr. The van der Waals surface area contributed by atoms with Crippen molar-refractivity contribution in [2.24, 2.45) is 0 Å². The number of rotatable bonds is 9. The molecule has 14 heavy (non-hydrogen) atoms. The predicted octanol–water partition coefficient (Wildman–Crippen LogP) is 5.26. The number of hydrogen-bond acceptors (Lipinski definition) is 0. The van der Waals surface area contributed by atoms with E-state index in [-0.39, 0.29) is 0 Å². The van der Waals surface area contributed by atoms with Crippen molar-refractivity contribution in [3.8, 4) is 0 Å². The van der Waals surface area contributed by atoms with E-state index < -0.39 is 0 Å². The summed E-state index contributed by atoms with van der Waals surface area (Å²) in [5.74, 6) is 0. The Morgan fingerprint density at radius 2 is 1.00 bits per heavy atom. The van der Waals surface area contributed by atoms with Crippen LogP contribution >= 0.6 is 0 Å². The van der Waals surface area contributed by atoms with Crippen molar-refractivity contribution in [1.29, 1.82) is 0 Å². The first-order valence-electron chi connectivity index (χ1n) is 6.43. The van der Waals surface area contributed by atoms with E-state index in [0.717, 1.165) is 3.12 Å². The summed E-state index contributed by atoms with van der Waals surface area (Å²) in [5, 5.41) is 0. The fourth-order valence-corrected chi connectivity index (χ4v) is 3.22. The van der Waals surface area contributed by atoms with Crippen molar-refractivity contribution in [3.05, 3.63) is 0 Å². The molecule has 0 bridgehead atoms. The van der Waals surface area contributed by atoms with Gasteiger partial charge in [0.15, 0.2) is 0 Å². The molecule has 0 radical (unpaired) electrons. The van der Waals surface area contributed by atoms with Crippen LogP contribution in [0.5, 0.6) is 0 Å². The van der Waals surface area contributed by atoms with Crippen LogP contribution in [0, 0.1) is 0 Å². The first-order valence-corrected chi connectivity index (χ1v) is 7.66. The minimum absolute atomic E-state index is 0.745. The predicted molar refractivity (Wildman–Crippen MR) is 61.3 cm³/mol. The van der Waals surface area contributed by atoms with Crippen molar-refractivity contribution in [1.82, 2.24) is 0 Å². The molecule has 0 saturated carbocycles. The van der Waals surface area contributed by atoms with Gasteiger partial charge in [0, 0.05) is 0 Å². The van der Waals surface area contributed by atoms with Crippen molar-refractivity contribution in [2.75, 3.05) is 0 Å². The summed E-state index contributed by atoms with van der Waals surface area (Å²) in [6.07, 6.45) is 12.9. The minimum atomic E-state index is 0.745. The average Bonchev–Trinajstić information content (AvgIpc) is 2.21. The Bertz CT molecular complexity index is 98.6. The SMILES string of the molecule is CCCC[C]([Zr])(CCCC)CCCC. The molecule has 0 unspecified atom stereocenters. The summed E-state index contributed by atoms with van der Waals surface area (Å²) in [6, 6.07) is 0. The third-order valence-corrected chi connectivity index (χ3v) is 4.87. The van der Waals surface area contributed by atoms with E-state index in [0.29, 0.717) is 0 Å². The third-order valence-electron chi connectivity index (χ3n) is 3.03. The van der Waals surface area contributed by atoms with Gasteiger partial charge in [-0.05, 0) is 0 Å². The Morgan fingerprint density at radius 3 is 1.21 bits per heavy atom. The summed E-state index contributed by atoms with van der Waals surface area (Å²) < 4.78 is 0.745. The fourth-order valence-electron chi connectivity index (χ4n) is 1.92. The number of hydrogen-bond donors (Lipinski definition) is 0. The Labute approximate surface area is 106 Å². The second-order valence-corrected chi connectivity index (χ2v) is 7.20. The molecular weight excluding hydrogens is 247 g/mol. The van der Waals surface area contributed by atoms with Crippen LogP contribution in [-0.4, -0.2) is 0 Å². The van der Waals surface area contributed by atoms with Crippen LogP contribution in [0.3, 0.4) is 0 Å². The molecule has 0 spiro atoms. The molecule has 0 fully saturated rings. The average molecular weight is 275 g/mol. The fraction of sp³-hybridized carbons (Fsp3) is 1.00. The normalized spacial score (nSPS) is 11.9. The van der Waals surface area contributed by atoms with Crippen molar-refractivity contribution in [3.63, 3.8) is 0 Å². The third kappa shape index (κ3) is 7.21. The first-order chi connectivity index (χ1) is 6.68. The van der Waals surface area contributed by atoms with Crippen molar-refractivity contribution >= 4 is 0 Å². The molecule has 0 saturated heterocycles. The molecule has 0 aliphatic carbocycles. The zero-order valence-electron chi connectivity index (χ0n) is 10.4. The molecule has 0 heterocycles. The summed E-state index contributed by atoms with van der Waals surface area (Å²) in [5.41, 5.74) is 0. The van der Waals surface area contributed by atoms with E-state index in [9.17, 15) is 0 Å². The first kappa shape index (κ1) is 14.9. The molecule has 0 amide bonds. The Morgan fingerprint density at radius 1 is 0.714 bits per heavy atom. The Balaban J connectivity index is 3.89. The molecule has 0 nitrogen and oxygen atoms in total. The van der Waals surface area contributed by atoms with E-state index in [1.165, 1.54) is 57.8 Å². The van der Waals surface area contributed by atoms with Crippen molar-refractivity contribution < 1.29 is 24.7 Å². The molecule has 83 valence electrons. The Hall–Kier alpha value is 0.883. The van der Waals surface area contributed by atoms with Gasteiger partial charge < -0.3 is 0 Å². The van der Waals surface area contributed by atoms with Crippen molar-refractivity contribution in [2.45, 2.75) is 81.7 Å². The maximum absolute atomic E-state index is 2.32. The van der Waals surface area contributed by atoms with E-state index >= 15 is 0 Å². The van der Waals surface area contributed by atoms with Crippen LogP contribution in [-0.2, 0) is 24.7 Å². The molecule has 0 rings (SSSR count). The van der Waals surface area contributed by atoms with Crippen LogP contribution in [0.4, 0.5) is 0 Å². The summed E-state index contributed by atoms with van der Waals surface area (Å²) in [4.78, 5) is 0. The summed E-state index contributed by atoms with van der Waals surface area (Å²) in [6.45, 7) is 6.95. The van der Waals surface area contributed by atoms with Gasteiger partial charge in [-0.3, -0.25) is 0 Å². The number of unbranched alkanes of at least 4 members (excludes halogenated alkanes) is 3. The zero-order valence-corrected chi connectivity index (χ0v) is 12.8. The topological polar surface area (TPSA) is 0 Å². The molecule has 0 N–H and O–H groups in total. The van der Waals surface area contributed by atoms with Crippen LogP contribution in [0.1, 0.15) is 78.6 Å². The second-order valence-electron chi connectivity index (χ2n) is 4.59. The molecule has 0 aromatic carbocycles. The Kier molecular flexibility index (Phi) is 9.71. The molecule has 0 aromatic heterocycles. The molecule has 0 aliphatic rings. The molecule has 0 aromatic rings.